The number of nitrogens with zero attached hydrogens (tertiary/aromatic N) is 9. The van der Waals surface area contributed by atoms with Crippen molar-refractivity contribution in [2.24, 2.45) is 7.05 Å². The standard InChI is InChI=1S/C48H47F3N12O8S/c1-26(27-6-9-30(49)10-7-27)71-37-22-28(8-11-34(37)57-72(69,70)47(50)51)41-40-42(58(2)56-41)33(24-53-43(40)52)29-23-54-62(25-29)31-14-16-60(17-15-31)48(68)61-20-18-59(19-21-61)35-5-3-4-32-39(35)46(67)63(45(32)66)36-12-13-38(64)55-44(36)65/h3-11,22-26,31,36,47,57H,12-21H2,1-2H3,(H2,52,53)(H,55,64,65)/t26-,36?/m0/s1. The summed E-state index contributed by atoms with van der Waals surface area (Å²) in [7, 11) is -3.37. The number of alkyl halides is 2. The number of rotatable bonds is 11. The molecule has 3 aromatic carbocycles. The zero-order chi connectivity index (χ0) is 50.7. The fourth-order valence-electron chi connectivity index (χ4n) is 9.89. The molecular weight excluding hydrogens is 962 g/mol. The number of pyridine rings is 1. The van der Waals surface area contributed by atoms with Gasteiger partial charge in [-0.25, -0.2) is 22.6 Å². The van der Waals surface area contributed by atoms with E-state index in [9.17, 15) is 45.6 Å². The Morgan fingerprint density at radius 1 is 0.889 bits per heavy atom. The first-order valence-electron chi connectivity index (χ1n) is 23.1. The van der Waals surface area contributed by atoms with E-state index in [1.807, 2.05) is 25.4 Å². The van der Waals surface area contributed by atoms with Crippen LogP contribution in [-0.4, -0.2) is 128 Å². The number of piperidine rings is 2. The van der Waals surface area contributed by atoms with Crippen molar-refractivity contribution in [3.8, 4) is 28.1 Å². The molecular formula is C48H47F3N12O8S. The van der Waals surface area contributed by atoms with Crippen LogP contribution in [-0.2, 0) is 26.7 Å². The molecule has 0 bridgehead atoms. The smallest absolute Gasteiger partial charge is 0.355 e. The fourth-order valence-corrected chi connectivity index (χ4v) is 10.5. The number of anilines is 3. The maximum absolute atomic E-state index is 13.8. The minimum absolute atomic E-state index is 0.0219. The van der Waals surface area contributed by atoms with Gasteiger partial charge in [-0.2, -0.15) is 19.0 Å². The van der Waals surface area contributed by atoms with Crippen molar-refractivity contribution in [1.82, 2.24) is 44.6 Å². The number of piperazine rings is 1. The average Bonchev–Trinajstić information content (AvgIpc) is 4.07. The normalized spacial score (nSPS) is 18.3. The van der Waals surface area contributed by atoms with Crippen LogP contribution in [0.1, 0.15) is 71.0 Å². The number of hydrogen-bond acceptors (Lipinski definition) is 13. The summed E-state index contributed by atoms with van der Waals surface area (Å²) in [6.45, 7) is 4.18. The topological polar surface area (TPSA) is 240 Å². The molecule has 2 atom stereocenters. The van der Waals surface area contributed by atoms with E-state index in [4.69, 9.17) is 20.7 Å². The number of sulfonamides is 1. The quantitative estimate of drug-likeness (QED) is 0.140. The Kier molecular flexibility index (Phi) is 12.3. The summed E-state index contributed by atoms with van der Waals surface area (Å²) in [4.78, 5) is 76.4. The summed E-state index contributed by atoms with van der Waals surface area (Å²) < 4.78 is 76.8. The predicted octanol–water partition coefficient (Wildman–Crippen LogP) is 5.30. The number of fused-ring (bicyclic) bond motifs is 2. The SMILES string of the molecule is C[C@H](Oc1cc(-c2nn(C)c3c(-c4cnn(C5CCN(C(=O)N6CCN(c7cccc8c7C(=O)N(C7CCC(=O)NC7=O)C8=O)CC6)CC5)c4)cnc(N)c23)ccc1NS(=O)(=O)C(F)F)c1ccc(F)cc1. The van der Waals surface area contributed by atoms with Gasteiger partial charge in [0.1, 0.15) is 35.2 Å². The van der Waals surface area contributed by atoms with Crippen LogP contribution < -0.4 is 25.4 Å². The largest absolute Gasteiger partial charge is 0.484 e. The van der Waals surface area contributed by atoms with Gasteiger partial charge >= 0.3 is 11.8 Å². The Labute approximate surface area is 409 Å². The summed E-state index contributed by atoms with van der Waals surface area (Å²) in [5.74, 6) is -6.44. The number of nitrogen functional groups attached to an aromatic ring is 1. The molecule has 3 saturated heterocycles. The molecule has 0 aliphatic carbocycles. The number of halogens is 3. The van der Waals surface area contributed by atoms with Crippen LogP contribution in [0.4, 0.5) is 35.2 Å². The molecule has 1 unspecified atom stereocenters. The van der Waals surface area contributed by atoms with Gasteiger partial charge in [-0.3, -0.25) is 43.5 Å². The number of aromatic nitrogens is 5. The van der Waals surface area contributed by atoms with Crippen molar-refractivity contribution >= 4 is 67.8 Å². The molecule has 3 aromatic heterocycles. The van der Waals surface area contributed by atoms with E-state index in [0.717, 1.165) is 4.90 Å². The van der Waals surface area contributed by atoms with Crippen LogP contribution in [0.5, 0.6) is 5.75 Å². The fraction of sp³-hybridized carbons (Fsp3) is 0.333. The van der Waals surface area contributed by atoms with Crippen molar-refractivity contribution in [3.05, 3.63) is 102 Å². The molecule has 6 amide bonds. The van der Waals surface area contributed by atoms with Gasteiger partial charge in [0.05, 0.1) is 45.6 Å². The van der Waals surface area contributed by atoms with E-state index in [1.165, 1.54) is 42.5 Å². The molecule has 72 heavy (non-hydrogen) atoms. The first-order chi connectivity index (χ1) is 34.5. The second-order valence-electron chi connectivity index (χ2n) is 18.0. The van der Waals surface area contributed by atoms with Crippen molar-refractivity contribution in [1.29, 1.82) is 0 Å². The molecule has 20 nitrogen and oxygen atoms in total. The third-order valence-electron chi connectivity index (χ3n) is 13.6. The molecule has 4 aliphatic heterocycles. The first kappa shape index (κ1) is 47.6. The number of aryl methyl sites for hydroxylation is 1. The van der Waals surface area contributed by atoms with Crippen molar-refractivity contribution in [2.75, 3.05) is 54.6 Å². The molecule has 7 heterocycles. The maximum atomic E-state index is 13.8. The van der Waals surface area contributed by atoms with Crippen molar-refractivity contribution in [2.45, 2.75) is 56.6 Å². The number of nitrogens with one attached hydrogen (secondary N) is 2. The number of carbonyl (C=O) groups is 5. The number of amides is 6. The van der Waals surface area contributed by atoms with E-state index in [1.54, 1.807) is 54.1 Å². The Morgan fingerprint density at radius 3 is 2.32 bits per heavy atom. The number of nitrogens with two attached hydrogens (primary N) is 1. The summed E-state index contributed by atoms with van der Waals surface area (Å²) in [5.41, 5.74) is 10.5. The monoisotopic (exact) mass is 1010 g/mol. The molecule has 374 valence electrons. The van der Waals surface area contributed by atoms with Crippen LogP contribution in [0.2, 0.25) is 0 Å². The molecule has 6 aromatic rings. The predicted molar refractivity (Wildman–Crippen MR) is 256 cm³/mol. The van der Waals surface area contributed by atoms with Crippen LogP contribution in [0.25, 0.3) is 33.3 Å². The lowest BCUT2D eigenvalue weighted by Gasteiger charge is -2.40. The van der Waals surface area contributed by atoms with Gasteiger partial charge < -0.3 is 25.2 Å². The number of likely N-dealkylation sites (tertiary alicyclic amines) is 1. The molecule has 0 radical (unpaired) electrons. The second-order valence-corrected chi connectivity index (χ2v) is 19.7. The Morgan fingerprint density at radius 2 is 1.61 bits per heavy atom. The molecule has 4 N–H and O–H groups in total. The molecule has 4 aliphatic rings. The highest BCUT2D eigenvalue weighted by Crippen LogP contribution is 2.41. The summed E-state index contributed by atoms with van der Waals surface area (Å²) in [6.07, 6.45) is 5.79. The number of imide groups is 2. The zero-order valence-corrected chi connectivity index (χ0v) is 39.6. The van der Waals surface area contributed by atoms with Gasteiger partial charge in [0.2, 0.25) is 11.8 Å². The van der Waals surface area contributed by atoms with Crippen molar-refractivity contribution < 1.29 is 50.3 Å². The van der Waals surface area contributed by atoms with E-state index < -0.39 is 57.4 Å². The number of benzene rings is 3. The Bertz CT molecular complexity index is 3300. The summed E-state index contributed by atoms with van der Waals surface area (Å²) in [5, 5.41) is 12.2. The van der Waals surface area contributed by atoms with Gasteiger partial charge in [-0.1, -0.05) is 24.3 Å². The number of hydrogen-bond donors (Lipinski definition) is 3. The van der Waals surface area contributed by atoms with Gasteiger partial charge in [0.25, 0.3) is 21.8 Å². The van der Waals surface area contributed by atoms with Gasteiger partial charge in [-0.05, 0) is 68.1 Å². The van der Waals surface area contributed by atoms with Crippen LogP contribution in [0, 0.1) is 5.82 Å². The zero-order valence-electron chi connectivity index (χ0n) is 38.8. The van der Waals surface area contributed by atoms with Crippen molar-refractivity contribution in [3.63, 3.8) is 0 Å². The first-order valence-corrected chi connectivity index (χ1v) is 24.7. The molecule has 10 rings (SSSR count). The van der Waals surface area contributed by atoms with Crippen LogP contribution in [0.15, 0.2) is 79.3 Å². The number of carbonyl (C=O) groups excluding carboxylic acids is 5. The molecule has 0 saturated carbocycles. The highest BCUT2D eigenvalue weighted by Gasteiger charge is 2.46. The number of ether oxygens (including phenoxy) is 1. The highest BCUT2D eigenvalue weighted by molar-refractivity contribution is 7.93. The number of urea groups is 1. The molecule has 24 heteroatoms. The maximum Gasteiger partial charge on any atom is 0.355 e. The van der Waals surface area contributed by atoms with Crippen LogP contribution >= 0.6 is 0 Å². The molecule has 0 spiro atoms. The lowest BCUT2D eigenvalue weighted by atomic mass is 10.0. The lowest BCUT2D eigenvalue weighted by molar-refractivity contribution is -0.136. The van der Waals surface area contributed by atoms with Gasteiger partial charge in [0, 0.05) is 81.8 Å². The Balaban J connectivity index is 0.810. The summed E-state index contributed by atoms with van der Waals surface area (Å²) in [6, 6.07) is 13.5. The minimum atomic E-state index is -5.09. The minimum Gasteiger partial charge on any atom is -0.484 e. The van der Waals surface area contributed by atoms with E-state index in [0.29, 0.717) is 96.6 Å². The second kappa shape index (κ2) is 18.6. The lowest BCUT2D eigenvalue weighted by Crippen LogP contribution is -2.55. The van der Waals surface area contributed by atoms with E-state index >= 15 is 0 Å². The van der Waals surface area contributed by atoms with Crippen LogP contribution in [0.3, 0.4) is 0 Å². The highest BCUT2D eigenvalue weighted by atomic mass is 32.2. The van der Waals surface area contributed by atoms with E-state index in [-0.39, 0.29) is 53.3 Å². The van der Waals surface area contributed by atoms with Gasteiger partial charge in [-0.15, -0.1) is 0 Å². The molecule has 3 fully saturated rings. The average molecular weight is 1010 g/mol. The van der Waals surface area contributed by atoms with E-state index in [2.05, 4.69) is 10.3 Å². The Hall–Kier alpha value is -8.02. The van der Waals surface area contributed by atoms with Gasteiger partial charge in [0.15, 0.2) is 0 Å². The third-order valence-corrected chi connectivity index (χ3v) is 14.6. The third kappa shape index (κ3) is 8.68. The summed E-state index contributed by atoms with van der Waals surface area (Å²) >= 11 is 0.